The number of hydrogen-bond acceptors (Lipinski definition) is 10. The second kappa shape index (κ2) is 24.6. The number of ether oxygens (including phenoxy) is 1. The van der Waals surface area contributed by atoms with Crippen LogP contribution in [0.4, 0.5) is 0 Å². The molecule has 0 aliphatic rings. The molecule has 0 unspecified atom stereocenters. The van der Waals surface area contributed by atoms with Gasteiger partial charge >= 0.3 is 5.97 Å². The summed E-state index contributed by atoms with van der Waals surface area (Å²) in [5.74, 6) is -0.411. The molecular weight excluding hydrogens is 570 g/mol. The number of nitrogens with two attached hydrogens (primary N) is 1. The Hall–Kier alpha value is -4.94. The molecule has 2 amide bonds. The Labute approximate surface area is 257 Å². The van der Waals surface area contributed by atoms with E-state index in [0.29, 0.717) is 44.5 Å². The zero-order valence-corrected chi connectivity index (χ0v) is 25.1. The van der Waals surface area contributed by atoms with Gasteiger partial charge in [-0.3, -0.25) is 14.4 Å². The Balaban J connectivity index is 0.000000795. The summed E-state index contributed by atoms with van der Waals surface area (Å²) in [4.78, 5) is 42.9. The number of phenolic OH excluding ortho intramolecular Hbond substituents is 3. The van der Waals surface area contributed by atoms with Crippen LogP contribution in [0.5, 0.6) is 17.2 Å². The number of esters is 1. The molecular formula is C32H43N3O9. The number of benzene rings is 3. The molecule has 0 aliphatic carbocycles. The Morgan fingerprint density at radius 2 is 1.02 bits per heavy atom. The van der Waals surface area contributed by atoms with E-state index < -0.39 is 5.97 Å². The summed E-state index contributed by atoms with van der Waals surface area (Å²) in [6.07, 6.45) is 2.30. The number of rotatable bonds is 12. The highest BCUT2D eigenvalue weighted by atomic mass is 16.5. The Kier molecular flexibility index (Phi) is 21.9. The van der Waals surface area contributed by atoms with Crippen LogP contribution in [-0.4, -0.2) is 78.3 Å². The summed E-state index contributed by atoms with van der Waals surface area (Å²) in [6, 6.07) is 20.6. The first-order valence-electron chi connectivity index (χ1n) is 13.7. The van der Waals surface area contributed by atoms with Crippen LogP contribution in [0.3, 0.4) is 0 Å². The molecule has 0 radical (unpaired) electrons. The summed E-state index contributed by atoms with van der Waals surface area (Å²) in [7, 11) is 2.24. The van der Waals surface area contributed by atoms with E-state index >= 15 is 0 Å². The fourth-order valence-electron chi connectivity index (χ4n) is 3.27. The predicted molar refractivity (Wildman–Crippen MR) is 166 cm³/mol. The summed E-state index contributed by atoms with van der Waals surface area (Å²) in [6.45, 7) is 1.53. The van der Waals surface area contributed by atoms with Gasteiger partial charge in [0.05, 0.1) is 7.11 Å². The minimum absolute atomic E-state index is 0.142. The lowest BCUT2D eigenvalue weighted by Gasteiger charge is -2.07. The van der Waals surface area contributed by atoms with E-state index in [0.717, 1.165) is 24.7 Å². The third kappa shape index (κ3) is 20.0. The molecule has 0 saturated carbocycles. The third-order valence-electron chi connectivity index (χ3n) is 5.51. The van der Waals surface area contributed by atoms with Gasteiger partial charge in [0, 0.05) is 20.2 Å². The fourth-order valence-corrected chi connectivity index (χ4v) is 3.27. The second-order valence-corrected chi connectivity index (χ2v) is 8.86. The van der Waals surface area contributed by atoms with Crippen molar-refractivity contribution in [3.63, 3.8) is 0 Å². The van der Waals surface area contributed by atoms with E-state index in [9.17, 15) is 29.4 Å². The third-order valence-corrected chi connectivity index (χ3v) is 5.51. The number of aliphatic hydroxyl groups is 1. The van der Waals surface area contributed by atoms with Crippen molar-refractivity contribution in [2.24, 2.45) is 5.73 Å². The van der Waals surface area contributed by atoms with Crippen molar-refractivity contribution in [1.82, 2.24) is 10.6 Å². The topological polar surface area (TPSA) is 209 Å². The second-order valence-electron chi connectivity index (χ2n) is 8.86. The molecule has 240 valence electrons. The minimum atomic E-state index is -0.491. The first-order valence-corrected chi connectivity index (χ1v) is 13.7. The van der Waals surface area contributed by atoms with Gasteiger partial charge in [-0.15, -0.1) is 0 Å². The molecule has 3 rings (SSSR count). The highest BCUT2D eigenvalue weighted by Gasteiger charge is 2.08. The first-order chi connectivity index (χ1) is 21.2. The number of aliphatic hydroxyl groups excluding tert-OH is 1. The minimum Gasteiger partial charge on any atom is -0.508 e. The molecule has 0 heterocycles. The Morgan fingerprint density at radius 3 is 1.30 bits per heavy atom. The lowest BCUT2D eigenvalue weighted by Crippen LogP contribution is -2.33. The zero-order valence-electron chi connectivity index (χ0n) is 25.1. The lowest BCUT2D eigenvalue weighted by atomic mass is 10.1. The van der Waals surface area contributed by atoms with Crippen LogP contribution in [0.25, 0.3) is 0 Å². The maximum absolute atomic E-state index is 11.7. The summed E-state index contributed by atoms with van der Waals surface area (Å²) >= 11 is 0. The van der Waals surface area contributed by atoms with Crippen molar-refractivity contribution >= 4 is 24.1 Å². The normalized spacial score (nSPS) is 9.36. The fraction of sp³-hybridized carbons (Fsp3) is 0.312. The van der Waals surface area contributed by atoms with E-state index in [1.54, 1.807) is 60.7 Å². The van der Waals surface area contributed by atoms with Gasteiger partial charge < -0.3 is 46.3 Å². The van der Waals surface area contributed by atoms with E-state index in [2.05, 4.69) is 15.4 Å². The number of carbonyl (C=O) groups is 4. The number of phenols is 3. The number of hydrogen-bond donors (Lipinski definition) is 7. The van der Waals surface area contributed by atoms with Gasteiger partial charge in [0.15, 0.2) is 0 Å². The lowest BCUT2D eigenvalue weighted by molar-refractivity contribution is -0.141. The average molecular weight is 614 g/mol. The predicted octanol–water partition coefficient (Wildman–Crippen LogP) is 1.76. The largest absolute Gasteiger partial charge is 0.508 e. The van der Waals surface area contributed by atoms with Crippen molar-refractivity contribution < 1.29 is 44.3 Å². The van der Waals surface area contributed by atoms with Crippen molar-refractivity contribution in [3.8, 4) is 17.2 Å². The highest BCUT2D eigenvalue weighted by Crippen LogP contribution is 2.11. The molecule has 0 aliphatic heterocycles. The maximum atomic E-state index is 11.7. The van der Waals surface area contributed by atoms with Crippen LogP contribution in [0.15, 0.2) is 72.8 Å². The van der Waals surface area contributed by atoms with E-state index in [4.69, 9.17) is 15.9 Å². The molecule has 0 bridgehead atoms. The SMILES string of the molecule is CO.COC(=O)CC=O.NCCc1ccc(O)cc1.O=C(CC(=O)NCCc1ccc(O)cc1)NCCc1ccc(O)cc1. The van der Waals surface area contributed by atoms with Crippen molar-refractivity contribution in [1.29, 1.82) is 0 Å². The molecule has 44 heavy (non-hydrogen) atoms. The molecule has 3 aromatic carbocycles. The van der Waals surface area contributed by atoms with Gasteiger partial charge in [0.2, 0.25) is 11.8 Å². The summed E-state index contributed by atoms with van der Waals surface area (Å²) in [5.41, 5.74) is 8.50. The Bertz CT molecular complexity index is 1160. The molecule has 12 nitrogen and oxygen atoms in total. The average Bonchev–Trinajstić information content (AvgIpc) is 3.02. The zero-order chi connectivity index (χ0) is 33.2. The number of aromatic hydroxyl groups is 3. The van der Waals surface area contributed by atoms with Crippen LogP contribution < -0.4 is 16.4 Å². The Morgan fingerprint density at radius 1 is 0.682 bits per heavy atom. The van der Waals surface area contributed by atoms with Crippen molar-refractivity contribution in [2.75, 3.05) is 33.9 Å². The van der Waals surface area contributed by atoms with Gasteiger partial charge in [-0.05, 0) is 78.9 Å². The number of methoxy groups -OCH3 is 1. The van der Waals surface area contributed by atoms with Gasteiger partial charge in [0.1, 0.15) is 36.4 Å². The summed E-state index contributed by atoms with van der Waals surface area (Å²) in [5, 5.41) is 39.7. The summed E-state index contributed by atoms with van der Waals surface area (Å²) < 4.78 is 4.12. The van der Waals surface area contributed by atoms with Gasteiger partial charge in [-0.1, -0.05) is 36.4 Å². The van der Waals surface area contributed by atoms with Crippen LogP contribution in [-0.2, 0) is 43.2 Å². The first kappa shape index (κ1) is 39.1. The monoisotopic (exact) mass is 613 g/mol. The number of aldehydes is 1. The van der Waals surface area contributed by atoms with Crippen molar-refractivity contribution in [3.05, 3.63) is 89.5 Å². The quantitative estimate of drug-likeness (QED) is 0.0894. The van der Waals surface area contributed by atoms with Crippen LogP contribution in [0.1, 0.15) is 29.5 Å². The maximum Gasteiger partial charge on any atom is 0.312 e. The van der Waals surface area contributed by atoms with Crippen molar-refractivity contribution in [2.45, 2.75) is 32.1 Å². The molecule has 0 atom stereocenters. The molecule has 12 heteroatoms. The van der Waals surface area contributed by atoms with E-state index in [1.807, 2.05) is 12.1 Å². The molecule has 0 fully saturated rings. The van der Waals surface area contributed by atoms with Crippen LogP contribution in [0, 0.1) is 0 Å². The van der Waals surface area contributed by atoms with E-state index in [1.165, 1.54) is 12.7 Å². The van der Waals surface area contributed by atoms with Crippen LogP contribution >= 0.6 is 0 Å². The van der Waals surface area contributed by atoms with Crippen LogP contribution in [0.2, 0.25) is 0 Å². The highest BCUT2D eigenvalue weighted by molar-refractivity contribution is 5.96. The number of nitrogens with one attached hydrogen (secondary N) is 2. The molecule has 3 aromatic rings. The number of carbonyl (C=O) groups excluding carboxylic acids is 4. The smallest absolute Gasteiger partial charge is 0.312 e. The van der Waals surface area contributed by atoms with Gasteiger partial charge in [-0.25, -0.2) is 0 Å². The van der Waals surface area contributed by atoms with E-state index in [-0.39, 0.29) is 36.2 Å². The van der Waals surface area contributed by atoms with Gasteiger partial charge in [-0.2, -0.15) is 0 Å². The standard InChI is InChI=1S/C19H22N2O4.C8H11NO.C4H6O3.CH4O/c22-16-5-1-14(2-6-16)9-11-20-18(24)13-19(25)21-12-10-15-3-7-17(23)8-4-15;9-6-5-7-1-3-8(10)4-2-7;1-7-4(6)2-3-5;1-2/h1-8,22-23H,9-13H2,(H,20,24)(H,21,25);1-4,10H,5-6,9H2;3H,2H2,1H3;2H,1H3. The molecule has 0 spiro atoms. The number of amides is 2. The van der Waals surface area contributed by atoms with Gasteiger partial charge in [0.25, 0.3) is 0 Å². The molecule has 0 aromatic heterocycles. The molecule has 0 saturated heterocycles. The molecule has 8 N–H and O–H groups in total.